The van der Waals surface area contributed by atoms with Gasteiger partial charge in [-0.3, -0.25) is 10.1 Å². The van der Waals surface area contributed by atoms with Gasteiger partial charge in [-0.25, -0.2) is 0 Å². The second-order valence-electron chi connectivity index (χ2n) is 4.09. The van der Waals surface area contributed by atoms with E-state index in [1.54, 1.807) is 12.1 Å². The SMILES string of the molecule is CC.O=[N+]([O-])CC1OB(O)c2ccc3c(c21)OCCO3. The lowest BCUT2D eigenvalue weighted by molar-refractivity contribution is -0.490. The fourth-order valence-electron chi connectivity index (χ4n) is 2.27. The highest BCUT2D eigenvalue weighted by Gasteiger charge is 2.41. The van der Waals surface area contributed by atoms with Crippen molar-refractivity contribution in [3.8, 4) is 11.5 Å². The number of benzene rings is 1. The molecule has 1 atom stereocenters. The van der Waals surface area contributed by atoms with E-state index in [1.165, 1.54) is 0 Å². The molecule has 1 unspecified atom stereocenters. The highest BCUT2D eigenvalue weighted by Crippen LogP contribution is 2.40. The van der Waals surface area contributed by atoms with Crippen LogP contribution in [-0.4, -0.2) is 36.8 Å². The Bertz CT molecular complexity index is 509. The Morgan fingerprint density at radius 3 is 2.80 bits per heavy atom. The molecule has 1 aromatic carbocycles. The molecule has 3 rings (SSSR count). The molecule has 0 saturated heterocycles. The molecule has 108 valence electrons. The van der Waals surface area contributed by atoms with Gasteiger partial charge in [0.05, 0.1) is 0 Å². The first-order chi connectivity index (χ1) is 9.66. The van der Waals surface area contributed by atoms with Gasteiger partial charge in [0.25, 0.3) is 0 Å². The monoisotopic (exact) mass is 281 g/mol. The van der Waals surface area contributed by atoms with Crippen molar-refractivity contribution < 1.29 is 24.1 Å². The number of hydrogen-bond acceptors (Lipinski definition) is 6. The summed E-state index contributed by atoms with van der Waals surface area (Å²) in [6.07, 6.45) is -0.804. The minimum Gasteiger partial charge on any atom is -0.486 e. The van der Waals surface area contributed by atoms with Gasteiger partial charge in [0.1, 0.15) is 19.3 Å². The maximum Gasteiger partial charge on any atom is 0.492 e. The minimum absolute atomic E-state index is 0.380. The Morgan fingerprint density at radius 1 is 1.40 bits per heavy atom. The fraction of sp³-hybridized carbons (Fsp3) is 0.500. The van der Waals surface area contributed by atoms with E-state index < -0.39 is 24.7 Å². The van der Waals surface area contributed by atoms with Gasteiger partial charge in [0, 0.05) is 10.5 Å². The molecule has 2 aliphatic rings. The summed E-state index contributed by atoms with van der Waals surface area (Å²) in [6.45, 7) is 4.41. The van der Waals surface area contributed by atoms with E-state index >= 15 is 0 Å². The highest BCUT2D eigenvalue weighted by atomic mass is 16.6. The average Bonchev–Trinajstić information content (AvgIpc) is 2.77. The molecule has 0 radical (unpaired) electrons. The third-order valence-corrected chi connectivity index (χ3v) is 2.98. The van der Waals surface area contributed by atoms with Crippen molar-refractivity contribution >= 4 is 12.6 Å². The van der Waals surface area contributed by atoms with Crippen molar-refractivity contribution in [2.24, 2.45) is 0 Å². The Morgan fingerprint density at radius 2 is 2.10 bits per heavy atom. The van der Waals surface area contributed by atoms with Crippen LogP contribution < -0.4 is 14.9 Å². The summed E-state index contributed by atoms with van der Waals surface area (Å²) in [5.41, 5.74) is 1.03. The molecule has 0 spiro atoms. The molecule has 0 amide bonds. The van der Waals surface area contributed by atoms with Crippen molar-refractivity contribution in [2.45, 2.75) is 20.0 Å². The number of fused-ring (bicyclic) bond motifs is 3. The molecule has 2 heterocycles. The summed E-state index contributed by atoms with van der Waals surface area (Å²) in [7, 11) is -1.15. The molecule has 0 aromatic heterocycles. The second-order valence-corrected chi connectivity index (χ2v) is 4.09. The number of rotatable bonds is 2. The third kappa shape index (κ3) is 2.57. The fourth-order valence-corrected chi connectivity index (χ4v) is 2.27. The van der Waals surface area contributed by atoms with Crippen molar-refractivity contribution in [2.75, 3.05) is 19.8 Å². The predicted octanol–water partition coefficient (Wildman–Crippen LogP) is 0.519. The lowest BCUT2D eigenvalue weighted by Crippen LogP contribution is -2.29. The van der Waals surface area contributed by atoms with E-state index in [2.05, 4.69) is 0 Å². The number of nitro groups is 1. The zero-order valence-electron chi connectivity index (χ0n) is 11.4. The lowest BCUT2D eigenvalue weighted by Gasteiger charge is -2.21. The normalized spacial score (nSPS) is 18.9. The van der Waals surface area contributed by atoms with Crippen LogP contribution in [0.2, 0.25) is 0 Å². The molecule has 20 heavy (non-hydrogen) atoms. The smallest absolute Gasteiger partial charge is 0.486 e. The lowest BCUT2D eigenvalue weighted by atomic mass is 9.79. The van der Waals surface area contributed by atoms with Crippen LogP contribution in [0.4, 0.5) is 0 Å². The van der Waals surface area contributed by atoms with Crippen LogP contribution >= 0.6 is 0 Å². The number of nitrogens with zero attached hydrogens (tertiary/aromatic N) is 1. The Labute approximate surface area is 116 Å². The molecule has 1 aromatic rings. The number of ether oxygens (including phenoxy) is 2. The molecule has 0 fully saturated rings. The van der Waals surface area contributed by atoms with Gasteiger partial charge in [0.15, 0.2) is 11.5 Å². The van der Waals surface area contributed by atoms with Crippen LogP contribution in [0, 0.1) is 10.1 Å². The van der Waals surface area contributed by atoms with E-state index in [1.807, 2.05) is 13.8 Å². The molecule has 1 N–H and O–H groups in total. The van der Waals surface area contributed by atoms with Gasteiger partial charge in [-0.1, -0.05) is 19.9 Å². The zero-order chi connectivity index (χ0) is 14.7. The summed E-state index contributed by atoms with van der Waals surface area (Å²) in [4.78, 5) is 10.1. The largest absolute Gasteiger partial charge is 0.492 e. The molecule has 0 saturated carbocycles. The van der Waals surface area contributed by atoms with Crippen LogP contribution in [0.25, 0.3) is 0 Å². The van der Waals surface area contributed by atoms with E-state index in [4.69, 9.17) is 14.1 Å². The van der Waals surface area contributed by atoms with Gasteiger partial charge in [-0.15, -0.1) is 0 Å². The zero-order valence-corrected chi connectivity index (χ0v) is 11.4. The van der Waals surface area contributed by atoms with Crippen molar-refractivity contribution in [3.05, 3.63) is 27.8 Å². The van der Waals surface area contributed by atoms with Crippen LogP contribution in [0.5, 0.6) is 11.5 Å². The van der Waals surface area contributed by atoms with Crippen LogP contribution in [0.1, 0.15) is 25.5 Å². The Hall–Kier alpha value is -1.80. The predicted molar refractivity (Wildman–Crippen MR) is 72.1 cm³/mol. The maximum atomic E-state index is 10.6. The first-order valence-corrected chi connectivity index (χ1v) is 6.54. The molecule has 0 bridgehead atoms. The summed E-state index contributed by atoms with van der Waals surface area (Å²) < 4.78 is 16.1. The van der Waals surface area contributed by atoms with Crippen molar-refractivity contribution in [1.29, 1.82) is 0 Å². The topological polar surface area (TPSA) is 91.1 Å². The van der Waals surface area contributed by atoms with Gasteiger partial charge < -0.3 is 19.2 Å². The highest BCUT2D eigenvalue weighted by molar-refractivity contribution is 6.62. The standard InChI is InChI=1S/C10H10BNO6.C2H6/c13-11-6-1-2-7-10(17-4-3-16-7)9(6)8(18-11)5-12(14)15;1-2/h1-2,8,13H,3-5H2;1-2H3. The quantitative estimate of drug-likeness (QED) is 0.482. The van der Waals surface area contributed by atoms with Gasteiger partial charge in [-0.05, 0) is 11.5 Å². The summed E-state index contributed by atoms with van der Waals surface area (Å²) in [6, 6.07) is 3.32. The Balaban J connectivity index is 0.000000704. The third-order valence-electron chi connectivity index (χ3n) is 2.98. The molecule has 0 aliphatic carbocycles. The van der Waals surface area contributed by atoms with Crippen molar-refractivity contribution in [3.63, 3.8) is 0 Å². The summed E-state index contributed by atoms with van der Waals surface area (Å²) in [5, 5.41) is 20.3. The molecular formula is C12H16BNO6. The first-order valence-electron chi connectivity index (χ1n) is 6.54. The van der Waals surface area contributed by atoms with E-state index in [9.17, 15) is 15.1 Å². The Kier molecular flexibility index (Phi) is 4.46. The van der Waals surface area contributed by atoms with Crippen molar-refractivity contribution in [1.82, 2.24) is 0 Å². The molecule has 2 aliphatic heterocycles. The summed E-state index contributed by atoms with van der Waals surface area (Å²) >= 11 is 0. The van der Waals surface area contributed by atoms with Gasteiger partial charge >= 0.3 is 7.12 Å². The van der Waals surface area contributed by atoms with Crippen LogP contribution in [0.3, 0.4) is 0 Å². The van der Waals surface area contributed by atoms with E-state index in [0.717, 1.165) is 0 Å². The summed E-state index contributed by atoms with van der Waals surface area (Å²) in [5.74, 6) is 0.980. The van der Waals surface area contributed by atoms with Crippen LogP contribution in [0.15, 0.2) is 12.1 Å². The number of hydrogen-bond donors (Lipinski definition) is 1. The van der Waals surface area contributed by atoms with Gasteiger partial charge in [-0.2, -0.15) is 0 Å². The van der Waals surface area contributed by atoms with Gasteiger partial charge in [0.2, 0.25) is 6.54 Å². The van der Waals surface area contributed by atoms with E-state index in [0.29, 0.717) is 35.7 Å². The van der Waals surface area contributed by atoms with Crippen LogP contribution in [-0.2, 0) is 4.65 Å². The second kappa shape index (κ2) is 6.10. The molecule has 7 nitrogen and oxygen atoms in total. The molecule has 8 heteroatoms. The minimum atomic E-state index is -1.15. The first kappa shape index (κ1) is 14.6. The average molecular weight is 281 g/mol. The van der Waals surface area contributed by atoms with E-state index in [-0.39, 0.29) is 0 Å². The molecular weight excluding hydrogens is 265 g/mol. The maximum absolute atomic E-state index is 10.6.